The molecule has 0 aliphatic carbocycles. The Bertz CT molecular complexity index is 1040. The number of carbonyl (C=O) groups excluding carboxylic acids is 1. The molecular formula is C22H19NO4. The van der Waals surface area contributed by atoms with Crippen LogP contribution < -0.4 is 10.5 Å². The smallest absolute Gasteiger partial charge is 0.347 e. The fourth-order valence-electron chi connectivity index (χ4n) is 3.11. The summed E-state index contributed by atoms with van der Waals surface area (Å²) >= 11 is 0. The van der Waals surface area contributed by atoms with Gasteiger partial charge in [0.1, 0.15) is 11.1 Å². The number of ether oxygens (including phenoxy) is 1. The molecule has 2 heterocycles. The minimum atomic E-state index is -0.619. The number of carbonyl (C=O) groups is 1. The maximum atomic E-state index is 12.4. The summed E-state index contributed by atoms with van der Waals surface area (Å²) in [5.74, 6) is -0.369. The molecule has 1 aliphatic rings. The highest BCUT2D eigenvalue weighted by atomic mass is 16.5. The normalized spacial score (nSPS) is 14.7. The number of para-hydroxylation sites is 1. The molecule has 0 bridgehead atoms. The zero-order valence-corrected chi connectivity index (χ0v) is 14.8. The van der Waals surface area contributed by atoms with Crippen LogP contribution in [0, 0.1) is 0 Å². The Kier molecular flexibility index (Phi) is 4.85. The zero-order valence-electron chi connectivity index (χ0n) is 14.8. The van der Waals surface area contributed by atoms with Crippen LogP contribution in [0.15, 0.2) is 69.9 Å². The van der Waals surface area contributed by atoms with E-state index in [1.807, 2.05) is 36.4 Å². The first-order valence-corrected chi connectivity index (χ1v) is 8.89. The SMILES string of the molecule is O=C(C=Cc1ccc(N2CCOCC2)cc1)c1cc2ccccc2oc1=O. The predicted molar refractivity (Wildman–Crippen MR) is 105 cm³/mol. The van der Waals surface area contributed by atoms with Crippen molar-refractivity contribution >= 4 is 28.5 Å². The summed E-state index contributed by atoms with van der Waals surface area (Å²) in [5.41, 5.74) is 1.92. The lowest BCUT2D eigenvalue weighted by Crippen LogP contribution is -2.36. The summed E-state index contributed by atoms with van der Waals surface area (Å²) in [7, 11) is 0. The minimum Gasteiger partial charge on any atom is -0.422 e. The molecule has 1 saturated heterocycles. The van der Waals surface area contributed by atoms with Gasteiger partial charge in [-0.1, -0.05) is 36.4 Å². The molecular weight excluding hydrogens is 342 g/mol. The lowest BCUT2D eigenvalue weighted by molar-refractivity contribution is 0.104. The van der Waals surface area contributed by atoms with E-state index in [0.717, 1.165) is 42.9 Å². The summed E-state index contributed by atoms with van der Waals surface area (Å²) in [4.78, 5) is 26.8. The van der Waals surface area contributed by atoms with Crippen molar-refractivity contribution in [2.45, 2.75) is 0 Å². The molecule has 0 N–H and O–H groups in total. The summed E-state index contributed by atoms with van der Waals surface area (Å²) in [5, 5.41) is 0.726. The largest absolute Gasteiger partial charge is 0.422 e. The second kappa shape index (κ2) is 7.60. The van der Waals surface area contributed by atoms with Crippen LogP contribution in [0.2, 0.25) is 0 Å². The number of benzene rings is 2. The van der Waals surface area contributed by atoms with Crippen molar-refractivity contribution in [1.82, 2.24) is 0 Å². The third-order valence-electron chi connectivity index (χ3n) is 4.60. The molecule has 0 atom stereocenters. The van der Waals surface area contributed by atoms with Gasteiger partial charge in [0.2, 0.25) is 0 Å². The van der Waals surface area contributed by atoms with Crippen molar-refractivity contribution in [3.05, 3.63) is 82.2 Å². The Morgan fingerprint density at radius 3 is 2.52 bits per heavy atom. The number of allylic oxidation sites excluding steroid dienone is 1. The van der Waals surface area contributed by atoms with Crippen LogP contribution in [0.25, 0.3) is 17.0 Å². The van der Waals surface area contributed by atoms with Gasteiger partial charge in [-0.3, -0.25) is 4.79 Å². The standard InChI is InChI=1S/C22H19NO4/c24-20(19-15-17-3-1-2-4-21(17)27-22(19)25)10-7-16-5-8-18(9-6-16)23-11-13-26-14-12-23/h1-10,15H,11-14H2. The first kappa shape index (κ1) is 17.2. The van der Waals surface area contributed by atoms with Crippen molar-refractivity contribution in [3.8, 4) is 0 Å². The Hall–Kier alpha value is -3.18. The maximum Gasteiger partial charge on any atom is 0.347 e. The zero-order chi connectivity index (χ0) is 18.6. The van der Waals surface area contributed by atoms with Crippen molar-refractivity contribution < 1.29 is 13.9 Å². The number of anilines is 1. The number of hydrogen-bond donors (Lipinski definition) is 0. The number of ketones is 1. The van der Waals surface area contributed by atoms with E-state index < -0.39 is 5.63 Å². The van der Waals surface area contributed by atoms with Crippen LogP contribution >= 0.6 is 0 Å². The maximum absolute atomic E-state index is 12.4. The highest BCUT2D eigenvalue weighted by molar-refractivity contribution is 6.07. The molecule has 0 radical (unpaired) electrons. The minimum absolute atomic E-state index is 0.0369. The third-order valence-corrected chi connectivity index (χ3v) is 4.60. The molecule has 0 saturated carbocycles. The molecule has 4 rings (SSSR count). The molecule has 5 heteroatoms. The van der Waals surface area contributed by atoms with E-state index in [1.54, 1.807) is 24.3 Å². The lowest BCUT2D eigenvalue weighted by atomic mass is 10.1. The van der Waals surface area contributed by atoms with Gasteiger partial charge >= 0.3 is 5.63 Å². The molecule has 1 fully saturated rings. The fraction of sp³-hybridized carbons (Fsp3) is 0.182. The molecule has 1 aromatic heterocycles. The topological polar surface area (TPSA) is 59.8 Å². The van der Waals surface area contributed by atoms with Gasteiger partial charge in [-0.25, -0.2) is 4.79 Å². The van der Waals surface area contributed by atoms with Crippen molar-refractivity contribution in [2.75, 3.05) is 31.2 Å². The molecule has 5 nitrogen and oxygen atoms in total. The Labute approximate surface area is 156 Å². The Morgan fingerprint density at radius 1 is 1.00 bits per heavy atom. The van der Waals surface area contributed by atoms with Crippen molar-refractivity contribution in [3.63, 3.8) is 0 Å². The fourth-order valence-corrected chi connectivity index (χ4v) is 3.11. The molecule has 0 spiro atoms. The number of nitrogens with zero attached hydrogens (tertiary/aromatic N) is 1. The van der Waals surface area contributed by atoms with Crippen LogP contribution in [0.5, 0.6) is 0 Å². The van der Waals surface area contributed by atoms with E-state index in [2.05, 4.69) is 4.90 Å². The van der Waals surface area contributed by atoms with E-state index in [4.69, 9.17) is 9.15 Å². The van der Waals surface area contributed by atoms with Gasteiger partial charge in [0.25, 0.3) is 0 Å². The van der Waals surface area contributed by atoms with Gasteiger partial charge in [-0.15, -0.1) is 0 Å². The van der Waals surface area contributed by atoms with Crippen LogP contribution in [-0.2, 0) is 4.74 Å². The van der Waals surface area contributed by atoms with Crippen LogP contribution in [0.4, 0.5) is 5.69 Å². The van der Waals surface area contributed by atoms with E-state index in [0.29, 0.717) is 5.58 Å². The highest BCUT2D eigenvalue weighted by Gasteiger charge is 2.12. The van der Waals surface area contributed by atoms with Gasteiger partial charge in [-0.2, -0.15) is 0 Å². The monoisotopic (exact) mass is 361 g/mol. The van der Waals surface area contributed by atoms with E-state index in [-0.39, 0.29) is 11.3 Å². The Balaban J connectivity index is 1.51. The average molecular weight is 361 g/mol. The first-order valence-electron chi connectivity index (χ1n) is 8.89. The molecule has 27 heavy (non-hydrogen) atoms. The van der Waals surface area contributed by atoms with Crippen LogP contribution in [-0.4, -0.2) is 32.1 Å². The van der Waals surface area contributed by atoms with Gasteiger partial charge < -0.3 is 14.1 Å². The summed E-state index contributed by atoms with van der Waals surface area (Å²) in [6, 6.07) is 16.7. The lowest BCUT2D eigenvalue weighted by Gasteiger charge is -2.28. The molecule has 2 aromatic carbocycles. The number of rotatable bonds is 4. The third kappa shape index (κ3) is 3.83. The van der Waals surface area contributed by atoms with E-state index in [1.165, 1.54) is 6.08 Å². The number of morpholine rings is 1. The van der Waals surface area contributed by atoms with Crippen LogP contribution in [0.3, 0.4) is 0 Å². The second-order valence-electron chi connectivity index (χ2n) is 6.37. The van der Waals surface area contributed by atoms with Gasteiger partial charge in [-0.05, 0) is 35.9 Å². The summed E-state index contributed by atoms with van der Waals surface area (Å²) < 4.78 is 10.6. The number of fused-ring (bicyclic) bond motifs is 1. The summed E-state index contributed by atoms with van der Waals surface area (Å²) in [6.07, 6.45) is 3.12. The van der Waals surface area contributed by atoms with Crippen molar-refractivity contribution in [1.29, 1.82) is 0 Å². The van der Waals surface area contributed by atoms with Gasteiger partial charge in [0.15, 0.2) is 5.78 Å². The average Bonchev–Trinajstić information content (AvgIpc) is 2.72. The Morgan fingerprint density at radius 2 is 1.74 bits per heavy atom. The molecule has 136 valence electrons. The van der Waals surface area contributed by atoms with Crippen LogP contribution in [0.1, 0.15) is 15.9 Å². The summed E-state index contributed by atoms with van der Waals surface area (Å²) in [6.45, 7) is 3.24. The van der Waals surface area contributed by atoms with Gasteiger partial charge in [0, 0.05) is 24.2 Å². The van der Waals surface area contributed by atoms with E-state index >= 15 is 0 Å². The van der Waals surface area contributed by atoms with E-state index in [9.17, 15) is 9.59 Å². The molecule has 3 aromatic rings. The van der Waals surface area contributed by atoms with Gasteiger partial charge in [0.05, 0.1) is 13.2 Å². The predicted octanol–water partition coefficient (Wildman–Crippen LogP) is 3.53. The second-order valence-corrected chi connectivity index (χ2v) is 6.37. The molecule has 0 unspecified atom stereocenters. The molecule has 1 aliphatic heterocycles. The highest BCUT2D eigenvalue weighted by Crippen LogP contribution is 2.18. The quantitative estimate of drug-likeness (QED) is 0.404. The van der Waals surface area contributed by atoms with Crippen molar-refractivity contribution in [2.24, 2.45) is 0 Å². The first-order chi connectivity index (χ1) is 13.2. The molecule has 0 amide bonds. The number of hydrogen-bond acceptors (Lipinski definition) is 5.